The molecule has 0 N–H and O–H groups in total. The lowest BCUT2D eigenvalue weighted by Crippen LogP contribution is -2.39. The quantitative estimate of drug-likeness (QED) is 0.444. The summed E-state index contributed by atoms with van der Waals surface area (Å²) in [7, 11) is -2.05. The van der Waals surface area contributed by atoms with Crippen LogP contribution in [0.2, 0.25) is 0 Å². The first-order valence-electron chi connectivity index (χ1n) is 3.76. The van der Waals surface area contributed by atoms with Crippen molar-refractivity contribution in [2.45, 2.75) is 0 Å². The van der Waals surface area contributed by atoms with Gasteiger partial charge in [-0.15, -0.1) is 0 Å². The van der Waals surface area contributed by atoms with E-state index in [1.54, 1.807) is 12.2 Å². The molecule has 0 amide bonds. The summed E-state index contributed by atoms with van der Waals surface area (Å²) < 4.78 is 28.1. The molecule has 0 fully saturated rings. The molecule has 1 heterocycles. The van der Waals surface area contributed by atoms with Crippen molar-refractivity contribution in [1.82, 2.24) is 4.31 Å². The molecule has 5 nitrogen and oxygen atoms in total. The van der Waals surface area contributed by atoms with Gasteiger partial charge in [0.1, 0.15) is 6.54 Å². The first kappa shape index (κ1) is 10.2. The van der Waals surface area contributed by atoms with E-state index >= 15 is 0 Å². The highest BCUT2D eigenvalue weighted by Gasteiger charge is 2.24. The number of rotatable bonds is 2. The number of esters is 1. The maximum absolute atomic E-state index is 11.3. The fourth-order valence-corrected chi connectivity index (χ4v) is 2.18. The number of hydrogen-bond donors (Lipinski definition) is 0. The van der Waals surface area contributed by atoms with Crippen molar-refractivity contribution < 1.29 is 17.9 Å². The van der Waals surface area contributed by atoms with Crippen LogP contribution in [-0.4, -0.2) is 44.6 Å². The van der Waals surface area contributed by atoms with Crippen molar-refractivity contribution in [1.29, 1.82) is 0 Å². The van der Waals surface area contributed by atoms with Gasteiger partial charge in [-0.25, -0.2) is 8.42 Å². The average Bonchev–Trinajstić information content (AvgIpc) is 2.08. The van der Waals surface area contributed by atoms with Crippen LogP contribution in [0, 0.1) is 0 Å². The SMILES string of the molecule is COC(=O)CN1CC=CCS1(=O)=O. The third-order valence-corrected chi connectivity index (χ3v) is 3.39. The van der Waals surface area contributed by atoms with E-state index in [1.807, 2.05) is 0 Å². The Kier molecular flexibility index (Phi) is 3.05. The Morgan fingerprint density at radius 3 is 2.77 bits per heavy atom. The summed E-state index contributed by atoms with van der Waals surface area (Å²) in [4.78, 5) is 10.8. The van der Waals surface area contributed by atoms with Crippen molar-refractivity contribution in [2.24, 2.45) is 0 Å². The van der Waals surface area contributed by atoms with Gasteiger partial charge in [-0.1, -0.05) is 12.2 Å². The maximum atomic E-state index is 11.3. The molecular formula is C7H11NO4S. The van der Waals surface area contributed by atoms with Gasteiger partial charge in [-0.05, 0) is 0 Å². The minimum absolute atomic E-state index is 0.0377. The van der Waals surface area contributed by atoms with E-state index in [0.29, 0.717) is 0 Å². The zero-order chi connectivity index (χ0) is 9.90. The summed E-state index contributed by atoms with van der Waals surface area (Å²) in [6, 6.07) is 0. The van der Waals surface area contributed by atoms with Gasteiger partial charge in [-0.3, -0.25) is 4.79 Å². The van der Waals surface area contributed by atoms with Gasteiger partial charge in [0.05, 0.1) is 12.9 Å². The molecule has 6 heteroatoms. The Morgan fingerprint density at radius 1 is 1.54 bits per heavy atom. The number of sulfonamides is 1. The molecule has 0 aromatic heterocycles. The Labute approximate surface area is 77.0 Å². The summed E-state index contributed by atoms with van der Waals surface area (Å²) in [5, 5.41) is 0. The third kappa shape index (κ3) is 2.53. The van der Waals surface area contributed by atoms with E-state index in [4.69, 9.17) is 0 Å². The van der Waals surface area contributed by atoms with Gasteiger partial charge in [0.2, 0.25) is 10.0 Å². The van der Waals surface area contributed by atoms with Crippen LogP contribution >= 0.6 is 0 Å². The van der Waals surface area contributed by atoms with E-state index < -0.39 is 16.0 Å². The molecule has 0 spiro atoms. The Bertz CT molecular complexity index is 319. The Hall–Kier alpha value is -0.880. The molecule has 0 bridgehead atoms. The zero-order valence-electron chi connectivity index (χ0n) is 7.26. The third-order valence-electron chi connectivity index (χ3n) is 1.71. The molecule has 0 aromatic rings. The standard InChI is InChI=1S/C7H11NO4S/c1-12-7(9)6-8-4-2-3-5-13(8,10)11/h2-3H,4-6H2,1H3. The van der Waals surface area contributed by atoms with Crippen LogP contribution in [0.15, 0.2) is 12.2 Å². The second kappa shape index (κ2) is 3.89. The fourth-order valence-electron chi connectivity index (χ4n) is 0.972. The average molecular weight is 205 g/mol. The van der Waals surface area contributed by atoms with Gasteiger partial charge in [0.15, 0.2) is 0 Å². The molecule has 0 saturated carbocycles. The smallest absolute Gasteiger partial charge is 0.321 e. The topological polar surface area (TPSA) is 63.7 Å². The number of carbonyl (C=O) groups is 1. The molecule has 1 rings (SSSR count). The molecule has 13 heavy (non-hydrogen) atoms. The summed E-state index contributed by atoms with van der Waals surface area (Å²) >= 11 is 0. The molecule has 74 valence electrons. The Morgan fingerprint density at radius 2 is 2.23 bits per heavy atom. The van der Waals surface area contributed by atoms with Crippen LogP contribution in [0.25, 0.3) is 0 Å². The van der Waals surface area contributed by atoms with Crippen molar-refractivity contribution in [3.05, 3.63) is 12.2 Å². The number of hydrogen-bond acceptors (Lipinski definition) is 4. The molecule has 0 radical (unpaired) electrons. The summed E-state index contributed by atoms with van der Waals surface area (Å²) in [5.74, 6) is -0.580. The highest BCUT2D eigenvalue weighted by molar-refractivity contribution is 7.89. The van der Waals surface area contributed by atoms with E-state index in [9.17, 15) is 13.2 Å². The summed E-state index contributed by atoms with van der Waals surface area (Å²) in [6.07, 6.45) is 3.28. The van der Waals surface area contributed by atoms with Crippen LogP contribution in [0.5, 0.6) is 0 Å². The van der Waals surface area contributed by atoms with Gasteiger partial charge in [0, 0.05) is 6.54 Å². The van der Waals surface area contributed by atoms with Crippen LogP contribution in [-0.2, 0) is 19.6 Å². The number of methoxy groups -OCH3 is 1. The summed E-state index contributed by atoms with van der Waals surface area (Å²) in [5.41, 5.74) is 0. The predicted octanol–water partition coefficient (Wildman–Crippen LogP) is -0.639. The van der Waals surface area contributed by atoms with Gasteiger partial charge in [0.25, 0.3) is 0 Å². The minimum Gasteiger partial charge on any atom is -0.468 e. The first-order chi connectivity index (χ1) is 6.06. The molecule has 1 aliphatic heterocycles. The van der Waals surface area contributed by atoms with Crippen molar-refractivity contribution in [3.8, 4) is 0 Å². The van der Waals surface area contributed by atoms with E-state index in [-0.39, 0.29) is 18.8 Å². The van der Waals surface area contributed by atoms with Crippen molar-refractivity contribution in [3.63, 3.8) is 0 Å². The molecule has 0 atom stereocenters. The second-order valence-electron chi connectivity index (χ2n) is 2.62. The lowest BCUT2D eigenvalue weighted by Gasteiger charge is -2.21. The second-order valence-corrected chi connectivity index (χ2v) is 4.63. The molecule has 1 aliphatic rings. The molecule has 0 aliphatic carbocycles. The van der Waals surface area contributed by atoms with E-state index in [0.717, 1.165) is 4.31 Å². The molecule has 0 aromatic carbocycles. The van der Waals surface area contributed by atoms with Crippen LogP contribution in [0.4, 0.5) is 0 Å². The van der Waals surface area contributed by atoms with E-state index in [1.165, 1.54) is 7.11 Å². The van der Waals surface area contributed by atoms with Crippen LogP contribution in [0.3, 0.4) is 0 Å². The molecule has 0 unspecified atom stereocenters. The molecule has 0 saturated heterocycles. The minimum atomic E-state index is -3.28. The first-order valence-corrected chi connectivity index (χ1v) is 5.37. The number of carbonyl (C=O) groups excluding carboxylic acids is 1. The van der Waals surface area contributed by atoms with Crippen LogP contribution in [0.1, 0.15) is 0 Å². The van der Waals surface area contributed by atoms with Gasteiger partial charge in [-0.2, -0.15) is 4.31 Å². The largest absolute Gasteiger partial charge is 0.468 e. The van der Waals surface area contributed by atoms with Crippen LogP contribution < -0.4 is 0 Å². The monoisotopic (exact) mass is 205 g/mol. The highest BCUT2D eigenvalue weighted by atomic mass is 32.2. The Balaban J connectivity index is 2.69. The lowest BCUT2D eigenvalue weighted by atomic mass is 10.5. The maximum Gasteiger partial charge on any atom is 0.321 e. The predicted molar refractivity (Wildman–Crippen MR) is 46.5 cm³/mol. The van der Waals surface area contributed by atoms with Gasteiger partial charge < -0.3 is 4.74 Å². The van der Waals surface area contributed by atoms with Gasteiger partial charge >= 0.3 is 5.97 Å². The zero-order valence-corrected chi connectivity index (χ0v) is 8.08. The lowest BCUT2D eigenvalue weighted by molar-refractivity contribution is -0.140. The normalized spacial score (nSPS) is 21.3. The van der Waals surface area contributed by atoms with Crippen molar-refractivity contribution in [2.75, 3.05) is 26.0 Å². The number of ether oxygens (including phenoxy) is 1. The summed E-state index contributed by atoms with van der Waals surface area (Å²) in [6.45, 7) is 0.0423. The fraction of sp³-hybridized carbons (Fsp3) is 0.571. The number of nitrogens with zero attached hydrogens (tertiary/aromatic N) is 1. The van der Waals surface area contributed by atoms with E-state index in [2.05, 4.69) is 4.74 Å². The van der Waals surface area contributed by atoms with Crippen molar-refractivity contribution >= 4 is 16.0 Å². The molecular weight excluding hydrogens is 194 g/mol. The highest BCUT2D eigenvalue weighted by Crippen LogP contribution is 2.07.